The molecule has 3 aromatic rings. The van der Waals surface area contributed by atoms with Crippen LogP contribution in [0.1, 0.15) is 54.4 Å². The minimum atomic E-state index is -0.831. The molecular formula is C28H32F2N6O4S. The highest BCUT2D eigenvalue weighted by atomic mass is 32.1. The molecule has 0 bridgehead atoms. The third-order valence-corrected chi connectivity index (χ3v) is 8.71. The highest BCUT2D eigenvalue weighted by Crippen LogP contribution is 2.37. The molecule has 2 aromatic heterocycles. The first-order chi connectivity index (χ1) is 19.8. The molecule has 218 valence electrons. The second-order valence-corrected chi connectivity index (χ2v) is 11.3. The molecule has 2 N–H and O–H groups in total. The van der Waals surface area contributed by atoms with Crippen LogP contribution in [0.15, 0.2) is 24.5 Å². The van der Waals surface area contributed by atoms with Crippen molar-refractivity contribution in [1.29, 1.82) is 0 Å². The Morgan fingerprint density at radius 1 is 1.12 bits per heavy atom. The van der Waals surface area contributed by atoms with Gasteiger partial charge in [-0.3, -0.25) is 19.8 Å². The smallest absolute Gasteiger partial charge is 0.306 e. The average molecular weight is 587 g/mol. The lowest BCUT2D eigenvalue weighted by atomic mass is 9.97. The monoisotopic (exact) mass is 586 g/mol. The van der Waals surface area contributed by atoms with Crippen molar-refractivity contribution in [3.05, 3.63) is 46.7 Å². The third-order valence-electron chi connectivity index (χ3n) is 7.75. The van der Waals surface area contributed by atoms with E-state index in [2.05, 4.69) is 32.1 Å². The first-order valence-corrected chi connectivity index (χ1v) is 14.5. The Balaban J connectivity index is 1.35. The number of carboxylic acids is 1. The number of thiazole rings is 1. The fraction of sp³-hybridized carbons (Fsp3) is 0.464. The van der Waals surface area contributed by atoms with Crippen LogP contribution in [0.3, 0.4) is 0 Å². The number of ether oxygens (including phenoxy) is 1. The van der Waals surface area contributed by atoms with Gasteiger partial charge in [0, 0.05) is 36.1 Å². The molecule has 2 saturated heterocycles. The Morgan fingerprint density at radius 3 is 2.46 bits per heavy atom. The van der Waals surface area contributed by atoms with E-state index in [0.29, 0.717) is 50.0 Å². The van der Waals surface area contributed by atoms with E-state index in [1.165, 1.54) is 43.0 Å². The molecule has 0 radical (unpaired) electrons. The van der Waals surface area contributed by atoms with Crippen molar-refractivity contribution in [1.82, 2.24) is 19.9 Å². The maximum atomic E-state index is 14.6. The molecule has 1 aromatic carbocycles. The van der Waals surface area contributed by atoms with E-state index in [1.54, 1.807) is 0 Å². The zero-order chi connectivity index (χ0) is 29.1. The average Bonchev–Trinajstić information content (AvgIpc) is 3.59. The number of nitrogens with zero attached hydrogens (tertiary/aromatic N) is 5. The van der Waals surface area contributed by atoms with E-state index in [0.717, 1.165) is 30.7 Å². The number of aliphatic carboxylic acids is 1. The topological polar surface area (TPSA) is 121 Å². The first kappa shape index (κ1) is 28.8. The number of rotatable bonds is 9. The van der Waals surface area contributed by atoms with Gasteiger partial charge in [0.05, 0.1) is 31.1 Å². The number of aromatic nitrogens is 3. The standard InChI is InChI=1S/C28H32F2N6O4S/c1-3-18-5-4-8-36(18)15-22-24(17-11-19(29)25(40-2)20(30)12-17)33-28(41-22)34-26(37)21-13-32-23(14-31-21)35-9-6-16(7-10-35)27(38)39/h11-14,16,18H,3-10,15H2,1-2H3,(H,38,39)(H,33,34,37). The highest BCUT2D eigenvalue weighted by Gasteiger charge is 2.28. The molecule has 5 rings (SSSR count). The van der Waals surface area contributed by atoms with Gasteiger partial charge in [0.15, 0.2) is 22.5 Å². The second-order valence-electron chi connectivity index (χ2n) is 10.3. The van der Waals surface area contributed by atoms with Gasteiger partial charge < -0.3 is 14.7 Å². The van der Waals surface area contributed by atoms with Crippen molar-refractivity contribution in [3.8, 4) is 17.0 Å². The van der Waals surface area contributed by atoms with Crippen molar-refractivity contribution in [2.45, 2.75) is 51.6 Å². The molecule has 2 fully saturated rings. The van der Waals surface area contributed by atoms with Crippen LogP contribution >= 0.6 is 11.3 Å². The van der Waals surface area contributed by atoms with Crippen molar-refractivity contribution >= 4 is 34.2 Å². The van der Waals surface area contributed by atoms with Gasteiger partial charge in [-0.25, -0.2) is 23.7 Å². The summed E-state index contributed by atoms with van der Waals surface area (Å²) in [5.74, 6) is -3.21. The zero-order valence-electron chi connectivity index (χ0n) is 22.9. The Labute approximate surface area is 240 Å². The predicted molar refractivity (Wildman–Crippen MR) is 150 cm³/mol. The summed E-state index contributed by atoms with van der Waals surface area (Å²) in [5.41, 5.74) is 0.744. The third kappa shape index (κ3) is 6.30. The lowest BCUT2D eigenvalue weighted by Gasteiger charge is -2.30. The molecular weight excluding hydrogens is 554 g/mol. The molecule has 0 spiro atoms. The Bertz CT molecular complexity index is 1390. The van der Waals surface area contributed by atoms with Gasteiger partial charge >= 0.3 is 5.97 Å². The number of hydrogen-bond donors (Lipinski definition) is 2. The van der Waals surface area contributed by atoms with Crippen molar-refractivity contribution < 1.29 is 28.2 Å². The molecule has 4 heterocycles. The first-order valence-electron chi connectivity index (χ1n) is 13.7. The Morgan fingerprint density at radius 2 is 1.85 bits per heavy atom. The van der Waals surface area contributed by atoms with E-state index in [1.807, 2.05) is 4.90 Å². The van der Waals surface area contributed by atoms with Crippen LogP contribution in [0.5, 0.6) is 5.75 Å². The largest absolute Gasteiger partial charge is 0.491 e. The summed E-state index contributed by atoms with van der Waals surface area (Å²) < 4.78 is 34.0. The maximum absolute atomic E-state index is 14.6. The van der Waals surface area contributed by atoms with E-state index in [-0.39, 0.29) is 22.3 Å². The molecule has 10 nitrogen and oxygen atoms in total. The number of methoxy groups -OCH3 is 1. The number of nitrogens with one attached hydrogen (secondary N) is 1. The number of likely N-dealkylation sites (tertiary alicyclic amines) is 1. The van der Waals surface area contributed by atoms with Crippen LogP contribution in [0.4, 0.5) is 19.7 Å². The van der Waals surface area contributed by atoms with E-state index in [9.17, 15) is 23.5 Å². The zero-order valence-corrected chi connectivity index (χ0v) is 23.7. The van der Waals surface area contributed by atoms with Crippen LogP contribution in [0.2, 0.25) is 0 Å². The summed E-state index contributed by atoms with van der Waals surface area (Å²) in [7, 11) is 1.21. The van der Waals surface area contributed by atoms with Crippen molar-refractivity contribution in [2.24, 2.45) is 5.92 Å². The molecule has 13 heteroatoms. The lowest BCUT2D eigenvalue weighted by Crippen LogP contribution is -2.36. The van der Waals surface area contributed by atoms with Gasteiger partial charge in [-0.1, -0.05) is 18.3 Å². The van der Waals surface area contributed by atoms with Gasteiger partial charge in [-0.05, 0) is 50.8 Å². The minimum Gasteiger partial charge on any atom is -0.491 e. The molecule has 1 atom stereocenters. The van der Waals surface area contributed by atoms with Crippen LogP contribution in [0.25, 0.3) is 11.3 Å². The number of benzene rings is 1. The summed E-state index contributed by atoms with van der Waals surface area (Å²) in [6, 6.07) is 2.80. The van der Waals surface area contributed by atoms with Gasteiger partial charge in [0.1, 0.15) is 11.5 Å². The summed E-state index contributed by atoms with van der Waals surface area (Å²) in [6.45, 7) is 4.69. The van der Waals surface area contributed by atoms with Crippen molar-refractivity contribution in [3.63, 3.8) is 0 Å². The number of piperidine rings is 1. The SMILES string of the molecule is CCC1CCCN1Cc1sc(NC(=O)c2cnc(N3CCC(C(=O)O)CC3)cn2)nc1-c1cc(F)c(OC)c(F)c1. The Kier molecular flexibility index (Phi) is 8.74. The van der Waals surface area contributed by atoms with E-state index >= 15 is 0 Å². The molecule has 2 aliphatic rings. The maximum Gasteiger partial charge on any atom is 0.306 e. The summed E-state index contributed by atoms with van der Waals surface area (Å²) in [5, 5.41) is 12.2. The normalized spacial score (nSPS) is 18.0. The lowest BCUT2D eigenvalue weighted by molar-refractivity contribution is -0.142. The quantitative estimate of drug-likeness (QED) is 0.364. The number of amides is 1. The van der Waals surface area contributed by atoms with Gasteiger partial charge in [0.2, 0.25) is 0 Å². The number of anilines is 2. The number of carboxylic acid groups (broad SMARTS) is 1. The van der Waals surface area contributed by atoms with Crippen LogP contribution in [-0.4, -0.2) is 69.6 Å². The van der Waals surface area contributed by atoms with Crippen LogP contribution in [-0.2, 0) is 11.3 Å². The van der Waals surface area contributed by atoms with E-state index < -0.39 is 29.3 Å². The summed E-state index contributed by atoms with van der Waals surface area (Å²) in [6.07, 6.45) is 7.07. The van der Waals surface area contributed by atoms with Gasteiger partial charge in [-0.2, -0.15) is 0 Å². The molecule has 0 aliphatic carbocycles. The fourth-order valence-corrected chi connectivity index (χ4v) is 6.50. The number of halogens is 2. The van der Waals surface area contributed by atoms with Gasteiger partial charge in [-0.15, -0.1) is 0 Å². The van der Waals surface area contributed by atoms with Gasteiger partial charge in [0.25, 0.3) is 5.91 Å². The number of carbonyl (C=O) groups is 2. The molecule has 2 aliphatic heterocycles. The summed E-state index contributed by atoms with van der Waals surface area (Å²) in [4.78, 5) is 42.5. The van der Waals surface area contributed by atoms with E-state index in [4.69, 9.17) is 4.74 Å². The summed E-state index contributed by atoms with van der Waals surface area (Å²) >= 11 is 1.26. The number of hydrogen-bond acceptors (Lipinski definition) is 9. The minimum absolute atomic E-state index is 0.0830. The molecule has 0 saturated carbocycles. The van der Waals surface area contributed by atoms with Crippen molar-refractivity contribution in [2.75, 3.05) is 37.0 Å². The Hall–Kier alpha value is -3.71. The van der Waals surface area contributed by atoms with Crippen LogP contribution < -0.4 is 15.0 Å². The molecule has 41 heavy (non-hydrogen) atoms. The highest BCUT2D eigenvalue weighted by molar-refractivity contribution is 7.16. The molecule has 1 unspecified atom stereocenters. The number of carbonyl (C=O) groups excluding carboxylic acids is 1. The second kappa shape index (κ2) is 12.4. The van der Waals surface area contributed by atoms with Crippen LogP contribution in [0, 0.1) is 17.6 Å². The molecule has 1 amide bonds. The fourth-order valence-electron chi connectivity index (χ4n) is 5.50. The predicted octanol–water partition coefficient (Wildman–Crippen LogP) is 4.81.